The highest BCUT2D eigenvalue weighted by molar-refractivity contribution is 7.91. The van der Waals surface area contributed by atoms with Gasteiger partial charge in [0.1, 0.15) is 5.82 Å². The molecule has 25 heavy (non-hydrogen) atoms. The van der Waals surface area contributed by atoms with E-state index in [1.165, 1.54) is 35.2 Å². The van der Waals surface area contributed by atoms with Crippen LogP contribution in [0.1, 0.15) is 16.8 Å². The fraction of sp³-hybridized carbons (Fsp3) is 0.235. The Labute approximate surface area is 155 Å². The van der Waals surface area contributed by atoms with Gasteiger partial charge in [-0.3, -0.25) is 4.79 Å². The van der Waals surface area contributed by atoms with Gasteiger partial charge >= 0.3 is 0 Å². The normalized spacial score (nSPS) is 18.9. The SMILES string of the molecule is O=C(c1ccccc1F)N(c1cc(Cl)ccc1Cl)C1CCS(=O)(=O)C1. The van der Waals surface area contributed by atoms with Crippen molar-refractivity contribution in [2.75, 3.05) is 16.4 Å². The molecule has 2 aromatic carbocycles. The minimum absolute atomic E-state index is 0.0308. The molecule has 1 aliphatic rings. The van der Waals surface area contributed by atoms with Crippen LogP contribution in [0.15, 0.2) is 42.5 Å². The second-order valence-corrected chi connectivity index (χ2v) is 8.88. The van der Waals surface area contributed by atoms with E-state index in [1.54, 1.807) is 12.1 Å². The van der Waals surface area contributed by atoms with E-state index < -0.39 is 27.6 Å². The van der Waals surface area contributed by atoms with Crippen LogP contribution in [0, 0.1) is 5.82 Å². The summed E-state index contributed by atoms with van der Waals surface area (Å²) in [4.78, 5) is 14.3. The molecule has 0 aromatic heterocycles. The fourth-order valence-electron chi connectivity index (χ4n) is 2.89. The first-order chi connectivity index (χ1) is 11.8. The van der Waals surface area contributed by atoms with E-state index in [1.807, 2.05) is 0 Å². The van der Waals surface area contributed by atoms with Gasteiger partial charge in [0.25, 0.3) is 5.91 Å². The van der Waals surface area contributed by atoms with Crippen LogP contribution in [0.4, 0.5) is 10.1 Å². The highest BCUT2D eigenvalue weighted by Crippen LogP contribution is 2.34. The fourth-order valence-corrected chi connectivity index (χ4v) is 4.96. The molecule has 1 heterocycles. The molecular formula is C17H14Cl2FNO3S. The average molecular weight is 402 g/mol. The number of hydrogen-bond acceptors (Lipinski definition) is 3. The van der Waals surface area contributed by atoms with E-state index in [0.29, 0.717) is 5.02 Å². The van der Waals surface area contributed by atoms with Crippen molar-refractivity contribution in [3.63, 3.8) is 0 Å². The van der Waals surface area contributed by atoms with Crippen molar-refractivity contribution in [3.8, 4) is 0 Å². The first kappa shape index (κ1) is 18.2. The van der Waals surface area contributed by atoms with Gasteiger partial charge in [-0.2, -0.15) is 0 Å². The summed E-state index contributed by atoms with van der Waals surface area (Å²) in [5.74, 6) is -1.56. The number of carbonyl (C=O) groups excluding carboxylic acids is 1. The maximum Gasteiger partial charge on any atom is 0.261 e. The van der Waals surface area contributed by atoms with Crippen LogP contribution < -0.4 is 4.90 Å². The Hall–Kier alpha value is -1.63. The minimum Gasteiger partial charge on any atom is -0.303 e. The smallest absolute Gasteiger partial charge is 0.261 e. The summed E-state index contributed by atoms with van der Waals surface area (Å²) in [6.07, 6.45) is 0.255. The second kappa shape index (κ2) is 6.94. The Kier molecular flexibility index (Phi) is 5.04. The number of halogens is 3. The molecule has 1 amide bonds. The van der Waals surface area contributed by atoms with Crippen LogP contribution in [-0.4, -0.2) is 31.9 Å². The standard InChI is InChI=1S/C17H14Cl2FNO3S/c18-11-5-6-14(19)16(9-11)21(12-7-8-25(23,24)10-12)17(22)13-3-1-2-4-15(13)20/h1-6,9,12H,7-8,10H2. The average Bonchev–Trinajstić information content (AvgIpc) is 2.91. The van der Waals surface area contributed by atoms with Crippen molar-refractivity contribution in [1.82, 2.24) is 0 Å². The van der Waals surface area contributed by atoms with Gasteiger partial charge in [-0.15, -0.1) is 0 Å². The van der Waals surface area contributed by atoms with Crippen molar-refractivity contribution in [2.45, 2.75) is 12.5 Å². The van der Waals surface area contributed by atoms with E-state index in [-0.39, 0.29) is 34.2 Å². The van der Waals surface area contributed by atoms with Crippen LogP contribution in [0.2, 0.25) is 10.0 Å². The van der Waals surface area contributed by atoms with E-state index >= 15 is 0 Å². The number of anilines is 1. The Morgan fingerprint density at radius 1 is 1.16 bits per heavy atom. The molecule has 0 saturated carbocycles. The summed E-state index contributed by atoms with van der Waals surface area (Å²) in [5.41, 5.74) is 0.118. The lowest BCUT2D eigenvalue weighted by Gasteiger charge is -2.29. The van der Waals surface area contributed by atoms with Crippen LogP contribution in [-0.2, 0) is 9.84 Å². The molecule has 1 atom stereocenters. The largest absolute Gasteiger partial charge is 0.303 e. The highest BCUT2D eigenvalue weighted by Gasteiger charge is 2.37. The molecule has 8 heteroatoms. The Morgan fingerprint density at radius 3 is 2.52 bits per heavy atom. The summed E-state index contributed by atoms with van der Waals surface area (Å²) in [6, 6.07) is 9.47. The lowest BCUT2D eigenvalue weighted by Crippen LogP contribution is -2.42. The van der Waals surface area contributed by atoms with Crippen LogP contribution in [0.3, 0.4) is 0 Å². The van der Waals surface area contributed by atoms with Crippen LogP contribution in [0.25, 0.3) is 0 Å². The summed E-state index contributed by atoms with van der Waals surface area (Å²) < 4.78 is 37.9. The third kappa shape index (κ3) is 3.81. The maximum absolute atomic E-state index is 14.1. The molecule has 2 aromatic rings. The van der Waals surface area contributed by atoms with Gasteiger partial charge in [-0.05, 0) is 36.8 Å². The summed E-state index contributed by atoms with van der Waals surface area (Å²) in [7, 11) is -3.26. The molecule has 0 bridgehead atoms. The zero-order valence-corrected chi connectivity index (χ0v) is 15.3. The predicted octanol–water partition coefficient (Wildman–Crippen LogP) is 3.97. The van der Waals surface area contributed by atoms with Crippen LogP contribution >= 0.6 is 23.2 Å². The molecule has 3 rings (SSSR count). The summed E-state index contributed by atoms with van der Waals surface area (Å²) in [6.45, 7) is 0. The number of nitrogens with zero attached hydrogens (tertiary/aromatic N) is 1. The molecule has 132 valence electrons. The van der Waals surface area contributed by atoms with E-state index in [2.05, 4.69) is 0 Å². The molecule has 0 aliphatic carbocycles. The molecule has 0 radical (unpaired) electrons. The zero-order valence-electron chi connectivity index (χ0n) is 13.0. The highest BCUT2D eigenvalue weighted by atomic mass is 35.5. The van der Waals surface area contributed by atoms with Crippen molar-refractivity contribution in [1.29, 1.82) is 0 Å². The number of benzene rings is 2. The van der Waals surface area contributed by atoms with E-state index in [4.69, 9.17) is 23.2 Å². The molecular weight excluding hydrogens is 388 g/mol. The third-order valence-corrected chi connectivity index (χ3v) is 6.37. The molecule has 1 unspecified atom stereocenters. The van der Waals surface area contributed by atoms with Gasteiger partial charge in [-0.25, -0.2) is 12.8 Å². The van der Waals surface area contributed by atoms with Crippen molar-refractivity contribution < 1.29 is 17.6 Å². The first-order valence-corrected chi connectivity index (χ1v) is 10.1. The number of amides is 1. The topological polar surface area (TPSA) is 54.5 Å². The lowest BCUT2D eigenvalue weighted by atomic mass is 10.1. The van der Waals surface area contributed by atoms with E-state index in [9.17, 15) is 17.6 Å². The van der Waals surface area contributed by atoms with Gasteiger partial charge in [-0.1, -0.05) is 35.3 Å². The molecule has 0 N–H and O–H groups in total. The van der Waals surface area contributed by atoms with Gasteiger partial charge in [0, 0.05) is 5.02 Å². The van der Waals surface area contributed by atoms with Gasteiger partial charge in [0.15, 0.2) is 9.84 Å². The quantitative estimate of drug-likeness (QED) is 0.781. The van der Waals surface area contributed by atoms with Crippen molar-refractivity contribution >= 4 is 44.6 Å². The van der Waals surface area contributed by atoms with E-state index in [0.717, 1.165) is 0 Å². The molecule has 1 aliphatic heterocycles. The predicted molar refractivity (Wildman–Crippen MR) is 96.7 cm³/mol. The number of sulfone groups is 1. The Balaban J connectivity index is 2.11. The van der Waals surface area contributed by atoms with Gasteiger partial charge in [0.05, 0.1) is 33.8 Å². The monoisotopic (exact) mass is 401 g/mol. The van der Waals surface area contributed by atoms with Gasteiger partial charge < -0.3 is 4.90 Å². The first-order valence-electron chi connectivity index (χ1n) is 7.52. The minimum atomic E-state index is -3.26. The van der Waals surface area contributed by atoms with Crippen molar-refractivity contribution in [2.24, 2.45) is 0 Å². The Bertz CT molecular complexity index is 933. The third-order valence-electron chi connectivity index (χ3n) is 4.06. The Morgan fingerprint density at radius 2 is 1.88 bits per heavy atom. The number of hydrogen-bond donors (Lipinski definition) is 0. The summed E-state index contributed by atoms with van der Waals surface area (Å²) >= 11 is 12.2. The molecule has 0 spiro atoms. The number of rotatable bonds is 3. The van der Waals surface area contributed by atoms with Gasteiger partial charge in [0.2, 0.25) is 0 Å². The summed E-state index contributed by atoms with van der Waals surface area (Å²) in [5, 5.41) is 0.574. The second-order valence-electron chi connectivity index (χ2n) is 5.81. The zero-order chi connectivity index (χ0) is 18.2. The number of carbonyl (C=O) groups is 1. The molecule has 4 nitrogen and oxygen atoms in total. The van der Waals surface area contributed by atoms with Crippen LogP contribution in [0.5, 0.6) is 0 Å². The molecule has 1 fully saturated rings. The van der Waals surface area contributed by atoms with Crippen molar-refractivity contribution in [3.05, 3.63) is 63.9 Å². The lowest BCUT2D eigenvalue weighted by molar-refractivity contribution is 0.0975. The maximum atomic E-state index is 14.1. The molecule has 1 saturated heterocycles.